The SMILES string of the molecule is CC1=CC(O)N(C)C=N1. The van der Waals surface area contributed by atoms with Crippen molar-refractivity contribution in [1.82, 2.24) is 4.90 Å². The maximum absolute atomic E-state index is 9.11. The summed E-state index contributed by atoms with van der Waals surface area (Å²) in [7, 11) is 1.77. The van der Waals surface area contributed by atoms with Gasteiger partial charge in [0.1, 0.15) is 6.23 Å². The zero-order chi connectivity index (χ0) is 6.85. The Morgan fingerprint density at radius 3 is 2.89 bits per heavy atom. The number of rotatable bonds is 0. The first kappa shape index (κ1) is 6.29. The molecule has 1 rings (SSSR count). The Bertz CT molecular complexity index is 162. The fraction of sp³-hybridized carbons (Fsp3) is 0.500. The van der Waals surface area contributed by atoms with E-state index in [0.29, 0.717) is 0 Å². The third-order valence-electron chi connectivity index (χ3n) is 1.25. The maximum Gasteiger partial charge on any atom is 0.148 e. The summed E-state index contributed by atoms with van der Waals surface area (Å²) in [6.45, 7) is 1.85. The van der Waals surface area contributed by atoms with E-state index < -0.39 is 6.23 Å². The second-order valence-corrected chi connectivity index (χ2v) is 2.13. The van der Waals surface area contributed by atoms with Crippen molar-refractivity contribution < 1.29 is 5.11 Å². The van der Waals surface area contributed by atoms with E-state index in [1.165, 1.54) is 0 Å². The minimum Gasteiger partial charge on any atom is -0.370 e. The Morgan fingerprint density at radius 1 is 1.78 bits per heavy atom. The molecule has 1 N–H and O–H groups in total. The number of hydrogen-bond acceptors (Lipinski definition) is 3. The molecule has 50 valence electrons. The van der Waals surface area contributed by atoms with E-state index in [-0.39, 0.29) is 0 Å². The highest BCUT2D eigenvalue weighted by Gasteiger charge is 2.07. The molecule has 0 aromatic heterocycles. The summed E-state index contributed by atoms with van der Waals surface area (Å²) in [5, 5.41) is 9.11. The van der Waals surface area contributed by atoms with E-state index >= 15 is 0 Å². The van der Waals surface area contributed by atoms with Gasteiger partial charge in [-0.15, -0.1) is 0 Å². The fourth-order valence-electron chi connectivity index (χ4n) is 0.627. The van der Waals surface area contributed by atoms with E-state index in [1.807, 2.05) is 6.92 Å². The molecular formula is C6H10N2O. The molecule has 3 heteroatoms. The maximum atomic E-state index is 9.11. The lowest BCUT2D eigenvalue weighted by Gasteiger charge is -2.20. The van der Waals surface area contributed by atoms with Crippen molar-refractivity contribution in [2.45, 2.75) is 13.2 Å². The van der Waals surface area contributed by atoms with Crippen LogP contribution in [-0.2, 0) is 0 Å². The number of aliphatic hydroxyl groups is 1. The average Bonchev–Trinajstić information content (AvgIpc) is 1.80. The predicted molar refractivity (Wildman–Crippen MR) is 36.0 cm³/mol. The number of allylic oxidation sites excluding steroid dienone is 1. The molecule has 3 nitrogen and oxygen atoms in total. The zero-order valence-corrected chi connectivity index (χ0v) is 5.57. The summed E-state index contributed by atoms with van der Waals surface area (Å²) in [6.07, 6.45) is 2.81. The van der Waals surface area contributed by atoms with Crippen LogP contribution in [0.3, 0.4) is 0 Å². The quantitative estimate of drug-likeness (QED) is 0.502. The highest BCUT2D eigenvalue weighted by molar-refractivity contribution is 5.58. The van der Waals surface area contributed by atoms with Crippen molar-refractivity contribution >= 4 is 6.34 Å². The topological polar surface area (TPSA) is 35.8 Å². The lowest BCUT2D eigenvalue weighted by molar-refractivity contribution is 0.115. The Kier molecular flexibility index (Phi) is 1.53. The molecule has 0 bridgehead atoms. The first-order valence-corrected chi connectivity index (χ1v) is 2.83. The molecule has 0 amide bonds. The lowest BCUT2D eigenvalue weighted by Crippen LogP contribution is -2.30. The molecule has 0 radical (unpaired) electrons. The van der Waals surface area contributed by atoms with E-state index in [9.17, 15) is 0 Å². The van der Waals surface area contributed by atoms with Gasteiger partial charge in [0.15, 0.2) is 0 Å². The molecule has 0 aliphatic carbocycles. The number of aliphatic imine (C=N–C) groups is 1. The Morgan fingerprint density at radius 2 is 2.44 bits per heavy atom. The van der Waals surface area contributed by atoms with Gasteiger partial charge >= 0.3 is 0 Å². The zero-order valence-electron chi connectivity index (χ0n) is 5.57. The second-order valence-electron chi connectivity index (χ2n) is 2.13. The van der Waals surface area contributed by atoms with Gasteiger partial charge in [0.2, 0.25) is 0 Å². The van der Waals surface area contributed by atoms with Crippen molar-refractivity contribution in [3.05, 3.63) is 11.8 Å². The Labute approximate surface area is 54.3 Å². The largest absolute Gasteiger partial charge is 0.370 e. The summed E-state index contributed by atoms with van der Waals surface area (Å²) < 4.78 is 0. The minimum absolute atomic E-state index is 0.498. The number of likely N-dealkylation sites (N-methyl/N-ethyl adjacent to an activating group) is 1. The normalized spacial score (nSPS) is 26.3. The third-order valence-corrected chi connectivity index (χ3v) is 1.25. The van der Waals surface area contributed by atoms with Crippen molar-refractivity contribution in [2.24, 2.45) is 4.99 Å². The number of nitrogens with zero attached hydrogens (tertiary/aromatic N) is 2. The van der Waals surface area contributed by atoms with E-state index in [2.05, 4.69) is 4.99 Å². The lowest BCUT2D eigenvalue weighted by atomic mass is 10.3. The highest BCUT2D eigenvalue weighted by Crippen LogP contribution is 2.04. The van der Waals surface area contributed by atoms with Gasteiger partial charge in [-0.1, -0.05) is 0 Å². The van der Waals surface area contributed by atoms with Crippen LogP contribution in [0.5, 0.6) is 0 Å². The summed E-state index contributed by atoms with van der Waals surface area (Å²) in [6, 6.07) is 0. The van der Waals surface area contributed by atoms with Crippen molar-refractivity contribution in [3.8, 4) is 0 Å². The molecule has 1 unspecified atom stereocenters. The van der Waals surface area contributed by atoms with E-state index in [0.717, 1.165) is 5.70 Å². The van der Waals surface area contributed by atoms with Gasteiger partial charge in [-0.3, -0.25) is 0 Å². The standard InChI is InChI=1S/C6H10N2O/c1-5-3-6(9)8(2)4-7-5/h3-4,6,9H,1-2H3. The van der Waals surface area contributed by atoms with Crippen LogP contribution in [0.2, 0.25) is 0 Å². The number of hydrogen-bond donors (Lipinski definition) is 1. The molecule has 0 fully saturated rings. The van der Waals surface area contributed by atoms with Crippen LogP contribution in [0.1, 0.15) is 6.92 Å². The van der Waals surface area contributed by atoms with Gasteiger partial charge in [0, 0.05) is 12.7 Å². The van der Waals surface area contributed by atoms with Gasteiger partial charge in [-0.05, 0) is 13.0 Å². The molecule has 0 spiro atoms. The summed E-state index contributed by atoms with van der Waals surface area (Å²) in [5.41, 5.74) is 0.862. The van der Waals surface area contributed by atoms with Crippen LogP contribution in [0.25, 0.3) is 0 Å². The molecule has 0 saturated heterocycles. The Balaban J connectivity index is 2.70. The van der Waals surface area contributed by atoms with Crippen molar-refractivity contribution in [1.29, 1.82) is 0 Å². The van der Waals surface area contributed by atoms with Gasteiger partial charge in [-0.2, -0.15) is 0 Å². The van der Waals surface area contributed by atoms with Gasteiger partial charge in [-0.25, -0.2) is 4.99 Å². The average molecular weight is 126 g/mol. The summed E-state index contributed by atoms with van der Waals surface area (Å²) in [4.78, 5) is 5.60. The molecule has 1 aliphatic rings. The third kappa shape index (κ3) is 1.29. The van der Waals surface area contributed by atoms with E-state index in [4.69, 9.17) is 5.11 Å². The van der Waals surface area contributed by atoms with Gasteiger partial charge in [0.25, 0.3) is 0 Å². The first-order chi connectivity index (χ1) is 4.20. The number of aliphatic hydroxyl groups excluding tert-OH is 1. The first-order valence-electron chi connectivity index (χ1n) is 2.83. The highest BCUT2D eigenvalue weighted by atomic mass is 16.3. The summed E-state index contributed by atoms with van der Waals surface area (Å²) in [5.74, 6) is 0. The smallest absolute Gasteiger partial charge is 0.148 e. The van der Waals surface area contributed by atoms with Crippen LogP contribution in [-0.4, -0.2) is 29.6 Å². The van der Waals surface area contributed by atoms with Crippen LogP contribution in [0.4, 0.5) is 0 Å². The molecule has 9 heavy (non-hydrogen) atoms. The Hall–Kier alpha value is -0.830. The minimum atomic E-state index is -0.498. The van der Waals surface area contributed by atoms with Gasteiger partial charge < -0.3 is 10.0 Å². The molecular weight excluding hydrogens is 116 g/mol. The van der Waals surface area contributed by atoms with Crippen LogP contribution in [0, 0.1) is 0 Å². The van der Waals surface area contributed by atoms with Crippen LogP contribution < -0.4 is 0 Å². The van der Waals surface area contributed by atoms with Crippen molar-refractivity contribution in [3.63, 3.8) is 0 Å². The predicted octanol–water partition coefficient (Wildman–Crippen LogP) is 0.182. The van der Waals surface area contributed by atoms with E-state index in [1.54, 1.807) is 24.4 Å². The molecule has 0 saturated carbocycles. The monoisotopic (exact) mass is 126 g/mol. The molecule has 1 aliphatic heterocycles. The van der Waals surface area contributed by atoms with Crippen LogP contribution >= 0.6 is 0 Å². The fourth-order valence-corrected chi connectivity index (χ4v) is 0.627. The van der Waals surface area contributed by atoms with Crippen molar-refractivity contribution in [2.75, 3.05) is 7.05 Å². The second kappa shape index (κ2) is 2.19. The summed E-state index contributed by atoms with van der Waals surface area (Å²) >= 11 is 0. The molecule has 1 heterocycles. The molecule has 1 atom stereocenters. The molecule has 0 aromatic carbocycles. The van der Waals surface area contributed by atoms with Gasteiger partial charge in [0.05, 0.1) is 6.34 Å². The molecule has 0 aromatic rings. The van der Waals surface area contributed by atoms with Crippen LogP contribution in [0.15, 0.2) is 16.8 Å².